The molecule has 0 saturated heterocycles. The predicted octanol–water partition coefficient (Wildman–Crippen LogP) is 20.4. The Bertz CT molecular complexity index is 4380. The van der Waals surface area contributed by atoms with E-state index in [1.54, 1.807) is 0 Å². The topological polar surface area (TPSA) is 8.17 Å². The maximum Gasteiger partial charge on any atom is 0.0555 e. The summed E-state index contributed by atoms with van der Waals surface area (Å²) in [6.45, 7) is 0. The first-order chi connectivity index (χ1) is 35.2. The summed E-state index contributed by atoms with van der Waals surface area (Å²) >= 11 is 5.62. The molecule has 0 unspecified atom stereocenters. The Morgan fingerprint density at radius 3 is 1.30 bits per heavy atom. The van der Waals surface area contributed by atoms with Crippen molar-refractivity contribution in [2.45, 2.75) is 0 Å². The predicted molar refractivity (Wildman–Crippen MR) is 310 cm³/mol. The fourth-order valence-electron chi connectivity index (χ4n) is 11.3. The van der Waals surface area contributed by atoms with Crippen molar-refractivity contribution in [2.75, 3.05) is 4.90 Å². The van der Waals surface area contributed by atoms with Crippen LogP contribution in [0.3, 0.4) is 0 Å². The molecule has 0 radical (unpaired) electrons. The van der Waals surface area contributed by atoms with Crippen LogP contribution in [0.5, 0.6) is 0 Å². The number of benzene rings is 11. The van der Waals surface area contributed by atoms with Crippen LogP contribution in [0.4, 0.5) is 17.1 Å². The summed E-state index contributed by atoms with van der Waals surface area (Å²) in [5.41, 5.74) is 14.3. The van der Waals surface area contributed by atoms with Gasteiger partial charge in [0.2, 0.25) is 0 Å². The van der Waals surface area contributed by atoms with Crippen LogP contribution in [-0.4, -0.2) is 4.57 Å². The van der Waals surface area contributed by atoms with Gasteiger partial charge in [-0.2, -0.15) is 0 Å². The van der Waals surface area contributed by atoms with E-state index in [1.807, 2.05) is 34.0 Å². The van der Waals surface area contributed by atoms with Crippen molar-refractivity contribution in [3.8, 4) is 39.1 Å². The number of rotatable bonds is 7. The fraction of sp³-hybridized carbons (Fsp3) is 0. The Labute approximate surface area is 421 Å². The van der Waals surface area contributed by atoms with Crippen molar-refractivity contribution in [3.05, 3.63) is 243 Å². The molecule has 332 valence electrons. The average Bonchev–Trinajstić information content (AvgIpc) is 4.21. The molecule has 0 aliphatic rings. The third-order valence-corrected chi connectivity index (χ3v) is 17.9. The van der Waals surface area contributed by atoms with Gasteiger partial charge in [-0.05, 0) is 118 Å². The molecule has 0 aliphatic carbocycles. The minimum atomic E-state index is 1.10. The zero-order chi connectivity index (χ0) is 46.6. The molecule has 5 heteroatoms. The van der Waals surface area contributed by atoms with E-state index in [9.17, 15) is 0 Å². The standard InChI is InChI=1S/C66H40N2S3/c1-6-23-55-50(16-1)51-17-2-7-24-56(51)68(55)46-15-11-14-43(40-46)49-38-39-57(65-54-20-5-10-27-60(54)71-66(49)65)67(44-34-30-41(31-35-44)47-21-12-28-61-63(47)52-18-3-8-25-58(52)69-61)45-36-32-42(33-37-45)48-22-13-29-62-64(48)53-19-4-9-26-59(53)70-62/h1-40H. The summed E-state index contributed by atoms with van der Waals surface area (Å²) in [6.07, 6.45) is 0. The van der Waals surface area contributed by atoms with Gasteiger partial charge in [0.25, 0.3) is 0 Å². The van der Waals surface area contributed by atoms with E-state index in [0.717, 1.165) is 22.7 Å². The molecule has 0 amide bonds. The second kappa shape index (κ2) is 16.1. The number of thiophene rings is 3. The normalized spacial score (nSPS) is 11.9. The maximum absolute atomic E-state index is 2.48. The van der Waals surface area contributed by atoms with Gasteiger partial charge in [-0.25, -0.2) is 0 Å². The first-order valence-corrected chi connectivity index (χ1v) is 26.5. The molecule has 0 aliphatic heterocycles. The first-order valence-electron chi connectivity index (χ1n) is 24.1. The Morgan fingerprint density at radius 1 is 0.296 bits per heavy atom. The lowest BCUT2D eigenvalue weighted by molar-refractivity contribution is 1.18. The molecule has 0 saturated carbocycles. The Morgan fingerprint density at radius 2 is 0.746 bits per heavy atom. The third kappa shape index (κ3) is 6.37. The van der Waals surface area contributed by atoms with E-state index in [2.05, 4.69) is 252 Å². The summed E-state index contributed by atoms with van der Waals surface area (Å²) in [6, 6.07) is 89.9. The minimum absolute atomic E-state index is 1.10. The summed E-state index contributed by atoms with van der Waals surface area (Å²) in [7, 11) is 0. The van der Waals surface area contributed by atoms with E-state index in [-0.39, 0.29) is 0 Å². The molecule has 0 fully saturated rings. The van der Waals surface area contributed by atoms with Crippen molar-refractivity contribution in [1.82, 2.24) is 4.57 Å². The van der Waals surface area contributed by atoms with Gasteiger partial charge in [0.15, 0.2) is 0 Å². The molecule has 71 heavy (non-hydrogen) atoms. The SMILES string of the molecule is c1cc(-c2ccc(N(c3ccc(-c4cccc5sc6ccccc6c45)cc3)c3ccc(-c4cccc5sc6ccccc6c45)cc3)c3c2sc2ccccc23)cc(-n2c3ccccc3c3ccccc32)c1. The molecule has 4 aromatic heterocycles. The Hall–Kier alpha value is -8.32. The van der Waals surface area contributed by atoms with E-state index in [4.69, 9.17) is 0 Å². The van der Waals surface area contributed by atoms with E-state index in [1.165, 1.54) is 116 Å². The molecule has 0 spiro atoms. The number of fused-ring (bicyclic) bond motifs is 12. The Kier molecular flexibility index (Phi) is 9.21. The summed E-state index contributed by atoms with van der Waals surface area (Å²) in [5.74, 6) is 0. The van der Waals surface area contributed by atoms with Gasteiger partial charge in [0, 0.05) is 88.4 Å². The lowest BCUT2D eigenvalue weighted by atomic mass is 9.97. The number of hydrogen-bond donors (Lipinski definition) is 0. The molecule has 11 aromatic carbocycles. The van der Waals surface area contributed by atoms with Gasteiger partial charge >= 0.3 is 0 Å². The van der Waals surface area contributed by atoms with Crippen LogP contribution >= 0.6 is 34.0 Å². The largest absolute Gasteiger partial charge is 0.310 e. The number of hydrogen-bond acceptors (Lipinski definition) is 4. The lowest BCUT2D eigenvalue weighted by Gasteiger charge is -2.27. The zero-order valence-electron chi connectivity index (χ0n) is 38.2. The first kappa shape index (κ1) is 40.6. The second-order valence-corrected chi connectivity index (χ2v) is 21.6. The fourth-order valence-corrected chi connectivity index (χ4v) is 14.8. The highest BCUT2D eigenvalue weighted by molar-refractivity contribution is 7.27. The number of anilines is 3. The van der Waals surface area contributed by atoms with E-state index >= 15 is 0 Å². The zero-order valence-corrected chi connectivity index (χ0v) is 40.7. The van der Waals surface area contributed by atoms with Crippen LogP contribution in [0.2, 0.25) is 0 Å². The molecular weight excluding hydrogens is 917 g/mol. The smallest absolute Gasteiger partial charge is 0.0555 e. The maximum atomic E-state index is 2.48. The van der Waals surface area contributed by atoms with Crippen molar-refractivity contribution in [2.24, 2.45) is 0 Å². The highest BCUT2D eigenvalue weighted by atomic mass is 32.1. The Balaban J connectivity index is 0.919. The van der Waals surface area contributed by atoms with Crippen LogP contribution < -0.4 is 4.90 Å². The van der Waals surface area contributed by atoms with E-state index < -0.39 is 0 Å². The molecular formula is C66H40N2S3. The van der Waals surface area contributed by atoms with E-state index in [0.29, 0.717) is 0 Å². The second-order valence-electron chi connectivity index (χ2n) is 18.3. The van der Waals surface area contributed by atoms with Crippen molar-refractivity contribution < 1.29 is 0 Å². The van der Waals surface area contributed by atoms with Gasteiger partial charge < -0.3 is 9.47 Å². The van der Waals surface area contributed by atoms with Crippen molar-refractivity contribution in [1.29, 1.82) is 0 Å². The lowest BCUT2D eigenvalue weighted by Crippen LogP contribution is -2.10. The molecule has 15 aromatic rings. The molecule has 0 atom stereocenters. The van der Waals surface area contributed by atoms with Gasteiger partial charge in [0.05, 0.1) is 16.7 Å². The van der Waals surface area contributed by atoms with Crippen LogP contribution in [0.15, 0.2) is 243 Å². The number of para-hydroxylation sites is 2. The highest BCUT2D eigenvalue weighted by Crippen LogP contribution is 2.50. The molecule has 15 rings (SSSR count). The number of nitrogens with zero attached hydrogens (tertiary/aromatic N) is 2. The van der Waals surface area contributed by atoms with Gasteiger partial charge in [-0.1, -0.05) is 158 Å². The molecule has 0 N–H and O–H groups in total. The van der Waals surface area contributed by atoms with Crippen LogP contribution in [0, 0.1) is 0 Å². The summed E-state index contributed by atoms with van der Waals surface area (Å²) in [4.78, 5) is 2.48. The quantitative estimate of drug-likeness (QED) is 0.155. The van der Waals surface area contributed by atoms with Crippen molar-refractivity contribution in [3.63, 3.8) is 0 Å². The van der Waals surface area contributed by atoms with Gasteiger partial charge in [-0.3, -0.25) is 0 Å². The van der Waals surface area contributed by atoms with Crippen LogP contribution in [-0.2, 0) is 0 Å². The average molecular weight is 957 g/mol. The van der Waals surface area contributed by atoms with Gasteiger partial charge in [-0.15, -0.1) is 34.0 Å². The molecule has 4 heterocycles. The van der Waals surface area contributed by atoms with Gasteiger partial charge in [0.1, 0.15) is 0 Å². The summed E-state index contributed by atoms with van der Waals surface area (Å²) in [5, 5.41) is 10.3. The van der Waals surface area contributed by atoms with Crippen LogP contribution in [0.1, 0.15) is 0 Å². The summed E-state index contributed by atoms with van der Waals surface area (Å²) < 4.78 is 10.2. The van der Waals surface area contributed by atoms with Crippen LogP contribution in [0.25, 0.3) is 121 Å². The van der Waals surface area contributed by atoms with Crippen molar-refractivity contribution >= 4 is 133 Å². The minimum Gasteiger partial charge on any atom is -0.310 e. The molecule has 2 nitrogen and oxygen atoms in total. The molecule has 0 bridgehead atoms. The monoisotopic (exact) mass is 956 g/mol. The highest BCUT2D eigenvalue weighted by Gasteiger charge is 2.23. The number of aromatic nitrogens is 1. The third-order valence-electron chi connectivity index (χ3n) is 14.4.